The first-order valence-electron chi connectivity index (χ1n) is 8.38. The number of nitrogens with zero attached hydrogens (tertiary/aromatic N) is 3. The molecule has 0 amide bonds. The van der Waals surface area contributed by atoms with Crippen molar-refractivity contribution in [2.75, 3.05) is 25.4 Å². The molecule has 25 heavy (non-hydrogen) atoms. The summed E-state index contributed by atoms with van der Waals surface area (Å²) in [7, 11) is -3.02. The SMILES string of the molecule is Cc1nn(-c2ccc(Cl)cc2)c(C)c1CNCCN1CCCS1(=O)=O. The Morgan fingerprint density at radius 1 is 1.24 bits per heavy atom. The number of aromatic nitrogens is 2. The third-order valence-corrected chi connectivity index (χ3v) is 6.76. The first-order valence-corrected chi connectivity index (χ1v) is 10.4. The van der Waals surface area contributed by atoms with Crippen LogP contribution in [0.15, 0.2) is 24.3 Å². The van der Waals surface area contributed by atoms with Gasteiger partial charge in [0.2, 0.25) is 10.0 Å². The summed E-state index contributed by atoms with van der Waals surface area (Å²) in [5, 5.41) is 8.66. The smallest absolute Gasteiger partial charge is 0.214 e. The summed E-state index contributed by atoms with van der Waals surface area (Å²) in [5.41, 5.74) is 4.15. The molecule has 3 rings (SSSR count). The van der Waals surface area contributed by atoms with Gasteiger partial charge >= 0.3 is 0 Å². The Bertz CT molecular complexity index is 846. The van der Waals surface area contributed by atoms with E-state index < -0.39 is 10.0 Å². The number of halogens is 1. The van der Waals surface area contributed by atoms with E-state index in [9.17, 15) is 8.42 Å². The monoisotopic (exact) mass is 382 g/mol. The lowest BCUT2D eigenvalue weighted by Crippen LogP contribution is -2.33. The predicted octanol–water partition coefficient (Wildman–Crippen LogP) is 2.27. The molecule has 6 nitrogen and oxygen atoms in total. The van der Waals surface area contributed by atoms with Crippen molar-refractivity contribution in [3.63, 3.8) is 0 Å². The molecular formula is C17H23ClN4O2S. The summed E-state index contributed by atoms with van der Waals surface area (Å²) in [5.74, 6) is 0.277. The van der Waals surface area contributed by atoms with Crippen molar-refractivity contribution in [1.29, 1.82) is 0 Å². The highest BCUT2D eigenvalue weighted by molar-refractivity contribution is 7.89. The summed E-state index contributed by atoms with van der Waals surface area (Å²) in [6.45, 7) is 6.48. The van der Waals surface area contributed by atoms with Crippen LogP contribution in [0.3, 0.4) is 0 Å². The van der Waals surface area contributed by atoms with Gasteiger partial charge in [0.1, 0.15) is 0 Å². The summed E-state index contributed by atoms with van der Waals surface area (Å²) >= 11 is 5.95. The van der Waals surface area contributed by atoms with Gasteiger partial charge in [-0.3, -0.25) is 0 Å². The lowest BCUT2D eigenvalue weighted by Gasteiger charge is -2.14. The number of sulfonamides is 1. The van der Waals surface area contributed by atoms with Crippen LogP contribution < -0.4 is 5.32 Å². The van der Waals surface area contributed by atoms with Crippen LogP contribution in [0, 0.1) is 13.8 Å². The van der Waals surface area contributed by atoms with Crippen molar-refractivity contribution >= 4 is 21.6 Å². The third-order valence-electron chi connectivity index (χ3n) is 4.56. The molecule has 8 heteroatoms. The maximum Gasteiger partial charge on any atom is 0.214 e. The van der Waals surface area contributed by atoms with Gasteiger partial charge < -0.3 is 5.32 Å². The highest BCUT2D eigenvalue weighted by Crippen LogP contribution is 2.19. The Kier molecular flexibility index (Phi) is 5.48. The highest BCUT2D eigenvalue weighted by atomic mass is 35.5. The fourth-order valence-electron chi connectivity index (χ4n) is 3.12. The van der Waals surface area contributed by atoms with Gasteiger partial charge in [0, 0.05) is 42.5 Å². The Hall–Kier alpha value is -1.41. The van der Waals surface area contributed by atoms with Crippen molar-refractivity contribution < 1.29 is 8.42 Å². The normalized spacial score (nSPS) is 17.2. The second-order valence-electron chi connectivity index (χ2n) is 6.28. The van der Waals surface area contributed by atoms with Crippen molar-refractivity contribution in [1.82, 2.24) is 19.4 Å². The van der Waals surface area contributed by atoms with Gasteiger partial charge in [0.05, 0.1) is 17.1 Å². The molecule has 2 heterocycles. The average Bonchev–Trinajstić information content (AvgIpc) is 3.04. The molecule has 0 spiro atoms. The van der Waals surface area contributed by atoms with E-state index in [4.69, 9.17) is 11.6 Å². The van der Waals surface area contributed by atoms with Gasteiger partial charge in [-0.2, -0.15) is 5.10 Å². The zero-order valence-corrected chi connectivity index (χ0v) is 16.1. The molecular weight excluding hydrogens is 360 g/mol. The molecule has 1 aliphatic rings. The fraction of sp³-hybridized carbons (Fsp3) is 0.471. The molecule has 1 saturated heterocycles. The Morgan fingerprint density at radius 3 is 2.60 bits per heavy atom. The molecule has 0 radical (unpaired) electrons. The van der Waals surface area contributed by atoms with Gasteiger partial charge in [0.15, 0.2) is 0 Å². The maximum absolute atomic E-state index is 11.8. The molecule has 1 aromatic heterocycles. The van der Waals surface area contributed by atoms with Gasteiger partial charge in [-0.05, 0) is 44.5 Å². The highest BCUT2D eigenvalue weighted by Gasteiger charge is 2.27. The summed E-state index contributed by atoms with van der Waals surface area (Å²) in [6.07, 6.45) is 0.731. The van der Waals surface area contributed by atoms with Gasteiger partial charge in [-0.1, -0.05) is 11.6 Å². The number of hydrogen-bond acceptors (Lipinski definition) is 4. The third kappa shape index (κ3) is 4.06. The van der Waals surface area contributed by atoms with Crippen LogP contribution in [0.1, 0.15) is 23.4 Å². The standard InChI is InChI=1S/C17H23ClN4O2S/c1-13-17(12-19-8-10-21-9-3-11-25(21,23)24)14(2)22(20-13)16-6-4-15(18)5-7-16/h4-7,19H,3,8-12H2,1-2H3. The Labute approximate surface area is 153 Å². The Morgan fingerprint density at radius 2 is 1.96 bits per heavy atom. The molecule has 0 aliphatic carbocycles. The summed E-state index contributed by atoms with van der Waals surface area (Å²) in [4.78, 5) is 0. The molecule has 136 valence electrons. The van der Waals surface area contributed by atoms with Crippen LogP contribution in [-0.4, -0.2) is 47.9 Å². The van der Waals surface area contributed by atoms with E-state index in [1.807, 2.05) is 42.8 Å². The molecule has 2 aromatic rings. The van der Waals surface area contributed by atoms with Crippen LogP contribution in [0.4, 0.5) is 0 Å². The second-order valence-corrected chi connectivity index (χ2v) is 8.81. The van der Waals surface area contributed by atoms with Crippen LogP contribution in [-0.2, 0) is 16.6 Å². The van der Waals surface area contributed by atoms with Crippen molar-refractivity contribution in [3.8, 4) is 5.69 Å². The molecule has 1 aliphatic heterocycles. The molecule has 0 unspecified atom stereocenters. The van der Waals surface area contributed by atoms with Crippen LogP contribution in [0.25, 0.3) is 5.69 Å². The van der Waals surface area contributed by atoms with Gasteiger partial charge in [-0.15, -0.1) is 0 Å². The van der Waals surface area contributed by atoms with E-state index in [-0.39, 0.29) is 5.75 Å². The predicted molar refractivity (Wildman–Crippen MR) is 99.7 cm³/mol. The van der Waals surface area contributed by atoms with E-state index in [2.05, 4.69) is 10.4 Å². The van der Waals surface area contributed by atoms with Gasteiger partial charge in [-0.25, -0.2) is 17.4 Å². The van der Waals surface area contributed by atoms with E-state index >= 15 is 0 Å². The lowest BCUT2D eigenvalue weighted by molar-refractivity contribution is 0.433. The minimum Gasteiger partial charge on any atom is -0.311 e. The molecule has 0 atom stereocenters. The van der Waals surface area contributed by atoms with E-state index in [0.717, 1.165) is 29.1 Å². The second kappa shape index (κ2) is 7.45. The van der Waals surface area contributed by atoms with E-state index in [1.54, 1.807) is 4.31 Å². The maximum atomic E-state index is 11.8. The first kappa shape index (κ1) is 18.4. The van der Waals surface area contributed by atoms with Crippen molar-refractivity contribution in [2.45, 2.75) is 26.8 Å². The number of hydrogen-bond donors (Lipinski definition) is 1. The zero-order valence-electron chi connectivity index (χ0n) is 14.5. The number of nitrogens with one attached hydrogen (secondary N) is 1. The first-order chi connectivity index (χ1) is 11.9. The zero-order chi connectivity index (χ0) is 18.0. The van der Waals surface area contributed by atoms with Crippen LogP contribution in [0.2, 0.25) is 5.02 Å². The quantitative estimate of drug-likeness (QED) is 0.778. The van der Waals surface area contributed by atoms with Gasteiger partial charge in [0.25, 0.3) is 0 Å². The van der Waals surface area contributed by atoms with Crippen LogP contribution >= 0.6 is 11.6 Å². The number of aryl methyl sites for hydroxylation is 1. The topological polar surface area (TPSA) is 67.2 Å². The minimum absolute atomic E-state index is 0.277. The Balaban J connectivity index is 1.62. The summed E-state index contributed by atoms with van der Waals surface area (Å²) in [6, 6.07) is 7.58. The van der Waals surface area contributed by atoms with Crippen molar-refractivity contribution in [2.24, 2.45) is 0 Å². The van der Waals surface area contributed by atoms with E-state index in [0.29, 0.717) is 31.2 Å². The summed E-state index contributed by atoms with van der Waals surface area (Å²) < 4.78 is 27.1. The lowest BCUT2D eigenvalue weighted by atomic mass is 10.2. The largest absolute Gasteiger partial charge is 0.311 e. The fourth-order valence-corrected chi connectivity index (χ4v) is 4.78. The minimum atomic E-state index is -3.02. The average molecular weight is 383 g/mol. The molecule has 1 aromatic carbocycles. The number of rotatable bonds is 6. The van der Waals surface area contributed by atoms with Crippen LogP contribution in [0.5, 0.6) is 0 Å². The molecule has 0 saturated carbocycles. The molecule has 1 fully saturated rings. The van der Waals surface area contributed by atoms with Crippen molar-refractivity contribution in [3.05, 3.63) is 46.2 Å². The number of benzene rings is 1. The molecule has 1 N–H and O–H groups in total. The molecule has 0 bridgehead atoms. The van der Waals surface area contributed by atoms with E-state index in [1.165, 1.54) is 0 Å².